The normalized spacial score (nSPS) is 14.3. The van der Waals surface area contributed by atoms with E-state index >= 15 is 0 Å². The second-order valence-electron chi connectivity index (χ2n) is 6.71. The van der Waals surface area contributed by atoms with Crippen LogP contribution in [0.1, 0.15) is 51.4 Å². The highest BCUT2D eigenvalue weighted by atomic mass is 32.2. The second-order valence-corrected chi connectivity index (χ2v) is 8.65. The molecule has 0 radical (unpaired) electrons. The summed E-state index contributed by atoms with van der Waals surface area (Å²) in [5, 5.41) is 11.8. The summed E-state index contributed by atoms with van der Waals surface area (Å²) in [6.07, 6.45) is -0.204. The number of benzene rings is 1. The Hall–Kier alpha value is -1.93. The minimum atomic E-state index is -3.58. The van der Waals surface area contributed by atoms with Crippen molar-refractivity contribution in [3.8, 4) is 0 Å². The van der Waals surface area contributed by atoms with Crippen LogP contribution in [0.15, 0.2) is 29.2 Å². The lowest BCUT2D eigenvalue weighted by atomic mass is 9.85. The molecule has 0 aliphatic carbocycles. The molecule has 1 rings (SSSR count). The zero-order valence-electron chi connectivity index (χ0n) is 15.9. The van der Waals surface area contributed by atoms with Gasteiger partial charge in [-0.2, -0.15) is 4.31 Å². The first kappa shape index (κ1) is 22.1. The van der Waals surface area contributed by atoms with E-state index in [0.29, 0.717) is 13.1 Å². The van der Waals surface area contributed by atoms with Crippen LogP contribution in [0.3, 0.4) is 0 Å². The minimum Gasteiger partial charge on any atom is -0.481 e. The first-order chi connectivity index (χ1) is 12.0. The van der Waals surface area contributed by atoms with Crippen LogP contribution in [0.5, 0.6) is 0 Å². The van der Waals surface area contributed by atoms with Crippen LogP contribution in [-0.2, 0) is 14.8 Å². The summed E-state index contributed by atoms with van der Waals surface area (Å²) < 4.78 is 26.3. The Kier molecular flexibility index (Phi) is 7.35. The Morgan fingerprint density at radius 1 is 1.15 bits per heavy atom. The van der Waals surface area contributed by atoms with E-state index in [4.69, 9.17) is 5.11 Å². The third-order valence-electron chi connectivity index (χ3n) is 4.65. The van der Waals surface area contributed by atoms with Crippen LogP contribution >= 0.6 is 0 Å². The quantitative estimate of drug-likeness (QED) is 0.680. The van der Waals surface area contributed by atoms with Crippen molar-refractivity contribution in [3.63, 3.8) is 0 Å². The van der Waals surface area contributed by atoms with Gasteiger partial charge in [0.1, 0.15) is 0 Å². The summed E-state index contributed by atoms with van der Waals surface area (Å²) in [6, 6.07) is 5.67. The summed E-state index contributed by atoms with van der Waals surface area (Å²) in [5.74, 6) is -1.53. The van der Waals surface area contributed by atoms with Crippen LogP contribution in [0.25, 0.3) is 0 Å². The molecule has 1 aromatic rings. The summed E-state index contributed by atoms with van der Waals surface area (Å²) in [6.45, 7) is 9.61. The van der Waals surface area contributed by atoms with Crippen molar-refractivity contribution in [3.05, 3.63) is 29.8 Å². The Morgan fingerprint density at radius 3 is 2.04 bits per heavy atom. The van der Waals surface area contributed by atoms with Crippen LogP contribution in [0, 0.1) is 5.92 Å². The van der Waals surface area contributed by atoms with Gasteiger partial charge in [-0.3, -0.25) is 9.59 Å². The van der Waals surface area contributed by atoms with Gasteiger partial charge in [-0.1, -0.05) is 27.7 Å². The monoisotopic (exact) mass is 384 g/mol. The van der Waals surface area contributed by atoms with Crippen molar-refractivity contribution in [1.82, 2.24) is 9.62 Å². The van der Waals surface area contributed by atoms with E-state index in [0.717, 1.165) is 0 Å². The number of amides is 1. The van der Waals surface area contributed by atoms with Gasteiger partial charge in [0.05, 0.1) is 16.9 Å². The van der Waals surface area contributed by atoms with Crippen molar-refractivity contribution in [2.45, 2.75) is 51.5 Å². The van der Waals surface area contributed by atoms with Gasteiger partial charge >= 0.3 is 5.97 Å². The van der Waals surface area contributed by atoms with E-state index in [1.54, 1.807) is 20.8 Å². The lowest BCUT2D eigenvalue weighted by molar-refractivity contribution is -0.138. The number of rotatable bonds is 9. The van der Waals surface area contributed by atoms with E-state index in [1.165, 1.54) is 28.6 Å². The fraction of sp³-hybridized carbons (Fsp3) is 0.556. The molecule has 0 fully saturated rings. The molecule has 7 nitrogen and oxygen atoms in total. The molecule has 2 N–H and O–H groups in total. The SMILES string of the molecule is CCN(CC)S(=O)(=O)c1ccc(C(=O)NC(C)(CC(=O)O)C(C)C)cc1. The van der Waals surface area contributed by atoms with Gasteiger partial charge in [0, 0.05) is 18.7 Å². The van der Waals surface area contributed by atoms with Gasteiger partial charge in [-0.25, -0.2) is 8.42 Å². The molecule has 0 aliphatic rings. The number of sulfonamides is 1. The molecular weight excluding hydrogens is 356 g/mol. The first-order valence-electron chi connectivity index (χ1n) is 8.62. The van der Waals surface area contributed by atoms with Gasteiger partial charge in [0.25, 0.3) is 5.91 Å². The van der Waals surface area contributed by atoms with Crippen molar-refractivity contribution in [2.24, 2.45) is 5.92 Å². The Balaban J connectivity index is 3.04. The predicted molar refractivity (Wildman–Crippen MR) is 99.5 cm³/mol. The molecule has 0 bridgehead atoms. The van der Waals surface area contributed by atoms with Gasteiger partial charge in [-0.15, -0.1) is 0 Å². The number of aliphatic carboxylic acids is 1. The van der Waals surface area contributed by atoms with Gasteiger partial charge < -0.3 is 10.4 Å². The number of carboxylic acid groups (broad SMARTS) is 1. The van der Waals surface area contributed by atoms with Crippen LogP contribution in [-0.4, -0.2) is 48.3 Å². The lowest BCUT2D eigenvalue weighted by Crippen LogP contribution is -2.51. The zero-order chi connectivity index (χ0) is 20.1. The van der Waals surface area contributed by atoms with Crippen molar-refractivity contribution in [1.29, 1.82) is 0 Å². The summed E-state index contributed by atoms with van der Waals surface area (Å²) in [5.41, 5.74) is -0.629. The second kappa shape index (κ2) is 8.64. The average molecular weight is 384 g/mol. The first-order valence-corrected chi connectivity index (χ1v) is 10.1. The highest BCUT2D eigenvalue weighted by Crippen LogP contribution is 2.22. The van der Waals surface area contributed by atoms with E-state index in [-0.39, 0.29) is 22.8 Å². The molecule has 1 amide bonds. The molecule has 0 aliphatic heterocycles. The molecule has 1 atom stereocenters. The maximum absolute atomic E-state index is 12.5. The average Bonchev–Trinajstić information content (AvgIpc) is 2.54. The molecule has 0 spiro atoms. The summed E-state index contributed by atoms with van der Waals surface area (Å²) >= 11 is 0. The van der Waals surface area contributed by atoms with Crippen molar-refractivity contribution in [2.75, 3.05) is 13.1 Å². The highest BCUT2D eigenvalue weighted by Gasteiger charge is 2.33. The molecule has 1 aromatic carbocycles. The van der Waals surface area contributed by atoms with Gasteiger partial charge in [-0.05, 0) is 37.1 Å². The number of hydrogen-bond donors (Lipinski definition) is 2. The number of nitrogens with one attached hydrogen (secondary N) is 1. The summed E-state index contributed by atoms with van der Waals surface area (Å²) in [4.78, 5) is 23.7. The van der Waals surface area contributed by atoms with E-state index < -0.39 is 27.4 Å². The predicted octanol–water partition coefficient (Wildman–Crippen LogP) is 2.34. The maximum atomic E-state index is 12.5. The summed E-state index contributed by atoms with van der Waals surface area (Å²) in [7, 11) is -3.58. The number of carbonyl (C=O) groups excluding carboxylic acids is 1. The van der Waals surface area contributed by atoms with Gasteiger partial charge in [0.15, 0.2) is 0 Å². The number of nitrogens with zero attached hydrogens (tertiary/aromatic N) is 1. The molecule has 0 saturated heterocycles. The molecule has 1 unspecified atom stereocenters. The largest absolute Gasteiger partial charge is 0.481 e. The zero-order valence-corrected chi connectivity index (χ0v) is 16.8. The molecular formula is C18H28N2O5S. The molecule has 146 valence electrons. The third kappa shape index (κ3) is 5.04. The maximum Gasteiger partial charge on any atom is 0.305 e. The number of carboxylic acids is 1. The standard InChI is InChI=1S/C18H28N2O5S/c1-6-20(7-2)26(24,25)15-10-8-14(9-11-15)17(23)19-18(5,13(3)4)12-16(21)22/h8-11,13H,6-7,12H2,1-5H3,(H,19,23)(H,21,22). The molecule has 0 heterocycles. The third-order valence-corrected chi connectivity index (χ3v) is 6.72. The van der Waals surface area contributed by atoms with Gasteiger partial charge in [0.2, 0.25) is 10.0 Å². The number of carbonyl (C=O) groups is 2. The molecule has 26 heavy (non-hydrogen) atoms. The Labute approximate surface area is 155 Å². The van der Waals surface area contributed by atoms with Crippen molar-refractivity contribution >= 4 is 21.9 Å². The lowest BCUT2D eigenvalue weighted by Gasteiger charge is -2.33. The van der Waals surface area contributed by atoms with E-state index in [2.05, 4.69) is 5.32 Å². The van der Waals surface area contributed by atoms with Crippen LogP contribution in [0.2, 0.25) is 0 Å². The van der Waals surface area contributed by atoms with Crippen LogP contribution < -0.4 is 5.32 Å². The topological polar surface area (TPSA) is 104 Å². The number of hydrogen-bond acceptors (Lipinski definition) is 4. The molecule has 0 saturated carbocycles. The molecule has 8 heteroatoms. The molecule has 0 aromatic heterocycles. The van der Waals surface area contributed by atoms with E-state index in [9.17, 15) is 18.0 Å². The van der Waals surface area contributed by atoms with E-state index in [1.807, 2.05) is 13.8 Å². The fourth-order valence-electron chi connectivity index (χ4n) is 2.53. The highest BCUT2D eigenvalue weighted by molar-refractivity contribution is 7.89. The minimum absolute atomic E-state index is 0.0927. The fourth-order valence-corrected chi connectivity index (χ4v) is 3.99. The van der Waals surface area contributed by atoms with Crippen molar-refractivity contribution < 1.29 is 23.1 Å². The smallest absolute Gasteiger partial charge is 0.305 e. The Morgan fingerprint density at radius 2 is 1.65 bits per heavy atom. The Bertz CT molecular complexity index is 739. The van der Waals surface area contributed by atoms with Crippen LogP contribution in [0.4, 0.5) is 0 Å².